The van der Waals surface area contributed by atoms with Crippen molar-refractivity contribution in [3.8, 4) is 22.8 Å². The molecule has 2 aromatic carbocycles. The lowest BCUT2D eigenvalue weighted by Gasteiger charge is -2.07. The summed E-state index contributed by atoms with van der Waals surface area (Å²) in [6, 6.07) is 16.7. The molecule has 31 heavy (non-hydrogen) atoms. The largest absolute Gasteiger partial charge is 0.493 e. The van der Waals surface area contributed by atoms with Gasteiger partial charge < -0.3 is 14.8 Å². The van der Waals surface area contributed by atoms with Crippen LogP contribution in [-0.4, -0.2) is 39.9 Å². The molecule has 0 aliphatic carbocycles. The predicted molar refractivity (Wildman–Crippen MR) is 118 cm³/mol. The van der Waals surface area contributed by atoms with Crippen LogP contribution in [0.15, 0.2) is 60.7 Å². The lowest BCUT2D eigenvalue weighted by atomic mass is 10.1. The second kappa shape index (κ2) is 8.66. The second-order valence-electron chi connectivity index (χ2n) is 6.75. The molecule has 156 valence electrons. The number of methoxy groups -OCH3 is 2. The molecule has 8 heteroatoms. The first-order valence-electron chi connectivity index (χ1n) is 9.58. The van der Waals surface area contributed by atoms with E-state index in [9.17, 15) is 4.79 Å². The van der Waals surface area contributed by atoms with Crippen molar-refractivity contribution in [2.75, 3.05) is 19.5 Å². The summed E-state index contributed by atoms with van der Waals surface area (Å²) >= 11 is 0. The van der Waals surface area contributed by atoms with E-state index in [0.717, 1.165) is 22.6 Å². The van der Waals surface area contributed by atoms with E-state index in [4.69, 9.17) is 9.47 Å². The first-order valence-corrected chi connectivity index (χ1v) is 9.58. The van der Waals surface area contributed by atoms with Gasteiger partial charge in [-0.25, -0.2) is 0 Å². The Hall–Kier alpha value is -4.20. The summed E-state index contributed by atoms with van der Waals surface area (Å²) in [5, 5.41) is 15.5. The van der Waals surface area contributed by atoms with Crippen LogP contribution in [0.5, 0.6) is 11.5 Å². The van der Waals surface area contributed by atoms with Crippen molar-refractivity contribution in [2.45, 2.75) is 6.92 Å². The van der Waals surface area contributed by atoms with Gasteiger partial charge in [0, 0.05) is 17.3 Å². The van der Waals surface area contributed by atoms with Crippen LogP contribution in [0.4, 0.5) is 5.69 Å². The number of nitrogens with zero attached hydrogens (tertiary/aromatic N) is 4. The van der Waals surface area contributed by atoms with Gasteiger partial charge in [0.25, 0.3) is 0 Å². The number of fused-ring (bicyclic) bond motifs is 1. The van der Waals surface area contributed by atoms with Crippen molar-refractivity contribution in [1.29, 1.82) is 0 Å². The molecule has 2 aromatic heterocycles. The molecule has 2 heterocycles. The number of hydrogen-bond acceptors (Lipinski definition) is 6. The van der Waals surface area contributed by atoms with Gasteiger partial charge in [0.15, 0.2) is 23.0 Å². The maximum Gasteiger partial charge on any atom is 0.248 e. The van der Waals surface area contributed by atoms with Crippen LogP contribution < -0.4 is 14.8 Å². The molecule has 0 radical (unpaired) electrons. The fraction of sp³-hybridized carbons (Fsp3) is 0.130. The fourth-order valence-electron chi connectivity index (χ4n) is 3.09. The van der Waals surface area contributed by atoms with Gasteiger partial charge in [-0.3, -0.25) is 4.79 Å². The zero-order valence-corrected chi connectivity index (χ0v) is 17.4. The van der Waals surface area contributed by atoms with Crippen LogP contribution in [-0.2, 0) is 4.79 Å². The number of amides is 1. The summed E-state index contributed by atoms with van der Waals surface area (Å²) in [4.78, 5) is 12.3. The maximum atomic E-state index is 12.3. The number of aryl methyl sites for hydroxylation is 1. The van der Waals surface area contributed by atoms with Crippen molar-refractivity contribution in [3.05, 3.63) is 72.1 Å². The lowest BCUT2D eigenvalue weighted by molar-refractivity contribution is -0.111. The van der Waals surface area contributed by atoms with Gasteiger partial charge in [0.05, 0.1) is 19.9 Å². The molecule has 0 saturated carbocycles. The lowest BCUT2D eigenvalue weighted by Crippen LogP contribution is -2.07. The van der Waals surface area contributed by atoms with Crippen molar-refractivity contribution in [3.63, 3.8) is 0 Å². The van der Waals surface area contributed by atoms with E-state index in [1.807, 2.05) is 49.4 Å². The van der Waals surface area contributed by atoms with Gasteiger partial charge in [-0.15, -0.1) is 10.2 Å². The monoisotopic (exact) mass is 415 g/mol. The van der Waals surface area contributed by atoms with Crippen LogP contribution in [0.2, 0.25) is 0 Å². The summed E-state index contributed by atoms with van der Waals surface area (Å²) in [6.45, 7) is 1.85. The third-order valence-corrected chi connectivity index (χ3v) is 4.70. The summed E-state index contributed by atoms with van der Waals surface area (Å²) < 4.78 is 12.2. The van der Waals surface area contributed by atoms with Gasteiger partial charge in [-0.1, -0.05) is 18.2 Å². The number of anilines is 1. The summed E-state index contributed by atoms with van der Waals surface area (Å²) in [7, 11) is 3.15. The highest BCUT2D eigenvalue weighted by molar-refractivity contribution is 6.02. The Morgan fingerprint density at radius 3 is 2.48 bits per heavy atom. The number of carbonyl (C=O) groups is 1. The van der Waals surface area contributed by atoms with Gasteiger partial charge in [-0.05, 0) is 55.0 Å². The molecule has 1 N–H and O–H groups in total. The average molecular weight is 415 g/mol. The molecule has 0 fully saturated rings. The smallest absolute Gasteiger partial charge is 0.248 e. The van der Waals surface area contributed by atoms with E-state index in [2.05, 4.69) is 20.6 Å². The molecule has 4 rings (SSSR count). The minimum Gasteiger partial charge on any atom is -0.493 e. The third-order valence-electron chi connectivity index (χ3n) is 4.70. The molecule has 1 amide bonds. The Labute approximate surface area is 179 Å². The standard InChI is InChI=1S/C23H21N5O3/c1-15-25-26-22-12-10-19(27-28(15)22)17-6-8-18(9-7-17)24-23(29)13-5-16-4-11-20(30-2)21(14-16)31-3/h4-14H,1-3H3,(H,24,29)/b13-5+. The Kier molecular flexibility index (Phi) is 5.61. The Morgan fingerprint density at radius 1 is 0.968 bits per heavy atom. The van der Waals surface area contributed by atoms with Crippen LogP contribution in [0.3, 0.4) is 0 Å². The predicted octanol–water partition coefficient (Wildman–Crippen LogP) is 3.77. The molecular weight excluding hydrogens is 394 g/mol. The van der Waals surface area contributed by atoms with Crippen LogP contribution in [0, 0.1) is 6.92 Å². The van der Waals surface area contributed by atoms with Crippen molar-refractivity contribution >= 4 is 23.3 Å². The Bertz CT molecular complexity index is 1260. The van der Waals surface area contributed by atoms with Crippen LogP contribution >= 0.6 is 0 Å². The fourth-order valence-corrected chi connectivity index (χ4v) is 3.09. The molecule has 8 nitrogen and oxygen atoms in total. The zero-order valence-electron chi connectivity index (χ0n) is 17.4. The van der Waals surface area contributed by atoms with E-state index in [1.165, 1.54) is 6.08 Å². The van der Waals surface area contributed by atoms with Gasteiger partial charge in [0.2, 0.25) is 5.91 Å². The van der Waals surface area contributed by atoms with Crippen LogP contribution in [0.1, 0.15) is 11.4 Å². The van der Waals surface area contributed by atoms with E-state index >= 15 is 0 Å². The molecule has 0 aliphatic heterocycles. The van der Waals surface area contributed by atoms with E-state index in [-0.39, 0.29) is 5.91 Å². The number of carbonyl (C=O) groups excluding carboxylic acids is 1. The SMILES string of the molecule is COc1ccc(/C=C/C(=O)Nc2ccc(-c3ccc4nnc(C)n4n3)cc2)cc1OC. The Balaban J connectivity index is 1.44. The number of benzene rings is 2. The number of hydrogen-bond donors (Lipinski definition) is 1. The molecule has 0 spiro atoms. The summed E-state index contributed by atoms with van der Waals surface area (Å²) in [6.07, 6.45) is 3.19. The quantitative estimate of drug-likeness (QED) is 0.482. The maximum absolute atomic E-state index is 12.3. The average Bonchev–Trinajstić information content (AvgIpc) is 3.18. The number of rotatable bonds is 6. The molecule has 4 aromatic rings. The molecule has 0 aliphatic rings. The third kappa shape index (κ3) is 4.37. The molecular formula is C23H21N5O3. The van der Waals surface area contributed by atoms with Gasteiger partial charge >= 0.3 is 0 Å². The van der Waals surface area contributed by atoms with Crippen molar-refractivity contribution in [2.24, 2.45) is 0 Å². The van der Waals surface area contributed by atoms with E-state index in [0.29, 0.717) is 22.8 Å². The van der Waals surface area contributed by atoms with Gasteiger partial charge in [-0.2, -0.15) is 9.61 Å². The highest BCUT2D eigenvalue weighted by Gasteiger charge is 2.07. The minimum atomic E-state index is -0.234. The normalized spacial score (nSPS) is 11.1. The highest BCUT2D eigenvalue weighted by atomic mass is 16.5. The minimum absolute atomic E-state index is 0.234. The number of ether oxygens (including phenoxy) is 2. The first kappa shape index (κ1) is 20.1. The first-order chi connectivity index (χ1) is 15.1. The van der Waals surface area contributed by atoms with E-state index in [1.54, 1.807) is 36.9 Å². The topological polar surface area (TPSA) is 90.6 Å². The number of nitrogens with one attached hydrogen (secondary N) is 1. The number of aromatic nitrogens is 4. The zero-order chi connectivity index (χ0) is 21.8. The summed E-state index contributed by atoms with van der Waals surface area (Å²) in [5.74, 6) is 1.73. The molecule has 0 unspecified atom stereocenters. The van der Waals surface area contributed by atoms with E-state index < -0.39 is 0 Å². The summed E-state index contributed by atoms with van der Waals surface area (Å²) in [5.41, 5.74) is 3.93. The molecule has 0 atom stereocenters. The highest BCUT2D eigenvalue weighted by Crippen LogP contribution is 2.28. The van der Waals surface area contributed by atoms with Crippen LogP contribution in [0.25, 0.3) is 23.0 Å². The van der Waals surface area contributed by atoms with Gasteiger partial charge in [0.1, 0.15) is 0 Å². The molecule has 0 saturated heterocycles. The molecule has 0 bridgehead atoms. The van der Waals surface area contributed by atoms with Crippen molar-refractivity contribution in [1.82, 2.24) is 19.8 Å². The second-order valence-corrected chi connectivity index (χ2v) is 6.75. The Morgan fingerprint density at radius 2 is 1.74 bits per heavy atom. The van der Waals surface area contributed by atoms with Crippen molar-refractivity contribution < 1.29 is 14.3 Å².